The number of aryl methyl sites for hydroxylation is 2. The van der Waals surface area contributed by atoms with Crippen LogP contribution in [0.15, 0.2) is 18.2 Å². The van der Waals surface area contributed by atoms with E-state index < -0.39 is 5.92 Å². The van der Waals surface area contributed by atoms with Gasteiger partial charge in [0.1, 0.15) is 5.92 Å². The van der Waals surface area contributed by atoms with Crippen LogP contribution in [0.25, 0.3) is 0 Å². The lowest BCUT2D eigenvalue weighted by atomic mass is 9.92. The van der Waals surface area contributed by atoms with Crippen molar-refractivity contribution in [2.24, 2.45) is 11.8 Å². The third-order valence-electron chi connectivity index (χ3n) is 5.54. The van der Waals surface area contributed by atoms with Crippen molar-refractivity contribution >= 4 is 17.5 Å². The van der Waals surface area contributed by atoms with Crippen molar-refractivity contribution in [3.63, 3.8) is 0 Å². The number of benzene rings is 1. The van der Waals surface area contributed by atoms with E-state index in [1.54, 1.807) is 4.90 Å². The van der Waals surface area contributed by atoms with Gasteiger partial charge in [0.15, 0.2) is 0 Å². The molecule has 0 bridgehead atoms. The number of nitrogens with zero attached hydrogens (tertiary/aromatic N) is 2. The van der Waals surface area contributed by atoms with Crippen LogP contribution in [0, 0.1) is 25.7 Å². The lowest BCUT2D eigenvalue weighted by molar-refractivity contribution is -0.143. The molecule has 5 nitrogen and oxygen atoms in total. The second-order valence-electron chi connectivity index (χ2n) is 7.64. The van der Waals surface area contributed by atoms with Gasteiger partial charge in [-0.1, -0.05) is 6.07 Å². The third-order valence-corrected chi connectivity index (χ3v) is 5.54. The fraction of sp³-hybridized carbons (Fsp3) is 0.600. The second kappa shape index (κ2) is 7.16. The Kier molecular flexibility index (Phi) is 5.13. The molecule has 1 N–H and O–H groups in total. The average molecular weight is 344 g/mol. The minimum absolute atomic E-state index is 0.0671. The largest absolute Gasteiger partial charge is 0.396 e. The number of hydrogen-bond donors (Lipinski definition) is 1. The Balaban J connectivity index is 1.75. The van der Waals surface area contributed by atoms with Gasteiger partial charge >= 0.3 is 0 Å². The minimum Gasteiger partial charge on any atom is -0.396 e. The Morgan fingerprint density at radius 2 is 1.84 bits per heavy atom. The Labute approximate surface area is 149 Å². The summed E-state index contributed by atoms with van der Waals surface area (Å²) in [6.45, 7) is 7.32. The molecule has 2 heterocycles. The van der Waals surface area contributed by atoms with Gasteiger partial charge in [-0.05, 0) is 69.2 Å². The van der Waals surface area contributed by atoms with E-state index in [0.29, 0.717) is 19.5 Å². The number of hydrogen-bond acceptors (Lipinski definition) is 3. The van der Waals surface area contributed by atoms with Crippen LogP contribution >= 0.6 is 0 Å². The van der Waals surface area contributed by atoms with Crippen molar-refractivity contribution in [2.45, 2.75) is 46.1 Å². The predicted molar refractivity (Wildman–Crippen MR) is 97.4 cm³/mol. The summed E-state index contributed by atoms with van der Waals surface area (Å²) in [5, 5.41) is 9.42. The molecule has 0 aromatic heterocycles. The highest BCUT2D eigenvalue weighted by Gasteiger charge is 2.42. The fourth-order valence-corrected chi connectivity index (χ4v) is 4.11. The number of carbonyl (C=O) groups excluding carboxylic acids is 2. The Bertz CT molecular complexity index is 653. The van der Waals surface area contributed by atoms with Crippen LogP contribution in [-0.2, 0) is 9.59 Å². The first-order valence-electron chi connectivity index (χ1n) is 9.21. The lowest BCUT2D eigenvalue weighted by Gasteiger charge is -2.38. The monoisotopic (exact) mass is 344 g/mol. The molecule has 136 valence electrons. The van der Waals surface area contributed by atoms with Gasteiger partial charge in [0, 0.05) is 31.4 Å². The quantitative estimate of drug-likeness (QED) is 0.856. The van der Waals surface area contributed by atoms with E-state index in [2.05, 4.69) is 6.07 Å². The van der Waals surface area contributed by atoms with Crippen LogP contribution in [0.2, 0.25) is 0 Å². The maximum Gasteiger partial charge on any atom is 0.239 e. The van der Waals surface area contributed by atoms with Crippen LogP contribution in [0.4, 0.5) is 5.69 Å². The van der Waals surface area contributed by atoms with E-state index in [1.807, 2.05) is 37.8 Å². The molecule has 3 unspecified atom stereocenters. The predicted octanol–water partition coefficient (Wildman–Crippen LogP) is 2.28. The highest BCUT2D eigenvalue weighted by atomic mass is 16.3. The maximum absolute atomic E-state index is 13.0. The van der Waals surface area contributed by atoms with Crippen molar-refractivity contribution in [2.75, 3.05) is 24.6 Å². The summed E-state index contributed by atoms with van der Waals surface area (Å²) in [7, 11) is 0. The molecule has 2 aliphatic rings. The summed E-state index contributed by atoms with van der Waals surface area (Å²) in [5.41, 5.74) is 3.12. The smallest absolute Gasteiger partial charge is 0.239 e. The van der Waals surface area contributed by atoms with Gasteiger partial charge in [0.05, 0.1) is 0 Å². The van der Waals surface area contributed by atoms with Crippen LogP contribution in [0.1, 0.15) is 37.3 Å². The van der Waals surface area contributed by atoms with Gasteiger partial charge in [-0.2, -0.15) is 0 Å². The van der Waals surface area contributed by atoms with Crippen molar-refractivity contribution in [1.82, 2.24) is 4.90 Å². The van der Waals surface area contributed by atoms with E-state index in [1.165, 1.54) is 0 Å². The molecular weight excluding hydrogens is 316 g/mol. The molecular formula is C20H28N2O3. The van der Waals surface area contributed by atoms with E-state index in [4.69, 9.17) is 0 Å². The summed E-state index contributed by atoms with van der Waals surface area (Å²) in [6.07, 6.45) is 2.39. The molecule has 3 rings (SSSR count). The Morgan fingerprint density at radius 3 is 2.48 bits per heavy atom. The number of likely N-dealkylation sites (tertiary alicyclic amines) is 1. The Hall–Kier alpha value is -1.88. The molecule has 0 aliphatic carbocycles. The highest BCUT2D eigenvalue weighted by molar-refractivity contribution is 6.09. The zero-order chi connectivity index (χ0) is 18.1. The van der Waals surface area contributed by atoms with Crippen molar-refractivity contribution in [3.05, 3.63) is 29.3 Å². The minimum atomic E-state index is -0.583. The third kappa shape index (κ3) is 3.56. The molecule has 3 atom stereocenters. The molecule has 2 fully saturated rings. The number of aliphatic hydroxyl groups excluding tert-OH is 1. The SMILES string of the molecule is Cc1cc(C)cc(N2CCC(C(=O)N3CC(CO)CCC3C)C2=O)c1. The summed E-state index contributed by atoms with van der Waals surface area (Å²) >= 11 is 0. The van der Waals surface area contributed by atoms with Gasteiger partial charge in [-0.3, -0.25) is 9.59 Å². The summed E-state index contributed by atoms with van der Waals surface area (Å²) < 4.78 is 0. The first-order valence-corrected chi connectivity index (χ1v) is 9.21. The molecule has 2 aliphatic heterocycles. The van der Waals surface area contributed by atoms with Crippen molar-refractivity contribution in [1.29, 1.82) is 0 Å². The molecule has 0 radical (unpaired) electrons. The van der Waals surface area contributed by atoms with Crippen molar-refractivity contribution in [3.8, 4) is 0 Å². The second-order valence-corrected chi connectivity index (χ2v) is 7.64. The van der Waals surface area contributed by atoms with E-state index in [-0.39, 0.29) is 30.4 Å². The van der Waals surface area contributed by atoms with Gasteiger partial charge in [0.25, 0.3) is 0 Å². The lowest BCUT2D eigenvalue weighted by Crippen LogP contribution is -2.50. The normalized spacial score (nSPS) is 27.0. The van der Waals surface area contributed by atoms with Crippen LogP contribution < -0.4 is 4.90 Å². The van der Waals surface area contributed by atoms with Gasteiger partial charge < -0.3 is 14.9 Å². The molecule has 2 saturated heterocycles. The molecule has 1 aromatic carbocycles. The van der Waals surface area contributed by atoms with Gasteiger partial charge in [-0.25, -0.2) is 0 Å². The number of carbonyl (C=O) groups is 2. The van der Waals surface area contributed by atoms with Crippen LogP contribution in [0.3, 0.4) is 0 Å². The van der Waals surface area contributed by atoms with E-state index in [0.717, 1.165) is 29.7 Å². The zero-order valence-electron chi connectivity index (χ0n) is 15.4. The number of anilines is 1. The number of aliphatic hydroxyl groups is 1. The Morgan fingerprint density at radius 1 is 1.16 bits per heavy atom. The summed E-state index contributed by atoms with van der Waals surface area (Å²) in [6, 6.07) is 6.22. The highest BCUT2D eigenvalue weighted by Crippen LogP contribution is 2.30. The topological polar surface area (TPSA) is 60.9 Å². The molecule has 0 saturated carbocycles. The van der Waals surface area contributed by atoms with E-state index in [9.17, 15) is 14.7 Å². The first-order chi connectivity index (χ1) is 11.9. The van der Waals surface area contributed by atoms with E-state index >= 15 is 0 Å². The van der Waals surface area contributed by atoms with Crippen molar-refractivity contribution < 1.29 is 14.7 Å². The first kappa shape index (κ1) is 17.9. The van der Waals surface area contributed by atoms with Gasteiger partial charge in [0.2, 0.25) is 11.8 Å². The average Bonchev–Trinajstić information content (AvgIpc) is 2.95. The molecule has 5 heteroatoms. The zero-order valence-corrected chi connectivity index (χ0v) is 15.4. The van der Waals surface area contributed by atoms with Crippen LogP contribution in [-0.4, -0.2) is 47.6 Å². The number of rotatable bonds is 3. The molecule has 0 spiro atoms. The molecule has 2 amide bonds. The van der Waals surface area contributed by atoms with Gasteiger partial charge in [-0.15, -0.1) is 0 Å². The fourth-order valence-electron chi connectivity index (χ4n) is 4.11. The standard InChI is InChI=1S/C20H28N2O3/c1-13-8-14(2)10-17(9-13)21-7-6-18(19(21)24)20(25)22-11-16(12-23)5-4-15(22)3/h8-10,15-16,18,23H,4-7,11-12H2,1-3H3. The summed E-state index contributed by atoms with van der Waals surface area (Å²) in [4.78, 5) is 29.5. The number of piperidine rings is 1. The maximum atomic E-state index is 13.0. The summed E-state index contributed by atoms with van der Waals surface area (Å²) in [5.74, 6) is -0.608. The number of amides is 2. The molecule has 25 heavy (non-hydrogen) atoms. The molecule has 1 aromatic rings. The van der Waals surface area contributed by atoms with Crippen LogP contribution in [0.5, 0.6) is 0 Å².